The maximum absolute atomic E-state index is 12.3. The van der Waals surface area contributed by atoms with E-state index < -0.39 is 0 Å². The molecule has 2 aliphatic heterocycles. The van der Waals surface area contributed by atoms with E-state index in [-0.39, 0.29) is 5.91 Å². The van der Waals surface area contributed by atoms with Crippen molar-refractivity contribution in [3.63, 3.8) is 0 Å². The Morgan fingerprint density at radius 2 is 1.47 bits per heavy atom. The van der Waals surface area contributed by atoms with Crippen molar-refractivity contribution in [3.05, 3.63) is 101 Å². The molecule has 6 nitrogen and oxygen atoms in total. The number of carbonyl (C=O) groups is 1. The zero-order valence-electron chi connectivity index (χ0n) is 18.5. The van der Waals surface area contributed by atoms with Gasteiger partial charge in [0.2, 0.25) is 0 Å². The monoisotopic (exact) mass is 431 g/mol. The van der Waals surface area contributed by atoms with E-state index in [4.69, 9.17) is 11.5 Å². The van der Waals surface area contributed by atoms with Gasteiger partial charge < -0.3 is 21.7 Å². The summed E-state index contributed by atoms with van der Waals surface area (Å²) in [5, 5.41) is 3.34. The fourth-order valence-corrected chi connectivity index (χ4v) is 3.74. The topological polar surface area (TPSA) is 97.3 Å². The van der Waals surface area contributed by atoms with Crippen LogP contribution in [-0.2, 0) is 25.9 Å². The van der Waals surface area contributed by atoms with Crippen molar-refractivity contribution in [3.8, 4) is 0 Å². The van der Waals surface area contributed by atoms with Crippen LogP contribution >= 0.6 is 0 Å². The maximum atomic E-state index is 12.3. The summed E-state index contributed by atoms with van der Waals surface area (Å²) < 4.78 is 0. The van der Waals surface area contributed by atoms with Gasteiger partial charge in [-0.05, 0) is 53.8 Å². The molecule has 5 rings (SSSR count). The van der Waals surface area contributed by atoms with Crippen LogP contribution in [0.25, 0.3) is 0 Å². The number of pyridine rings is 1. The lowest BCUT2D eigenvalue weighted by Crippen LogP contribution is -2.36. The van der Waals surface area contributed by atoms with Crippen LogP contribution in [0.3, 0.4) is 0 Å². The third-order valence-corrected chi connectivity index (χ3v) is 5.47. The SMILES string of the molecule is NCCN.O=C(c1ccccn1)N1CCc2ccccc2C1.c1ccc2c(c1)CCNC2. The van der Waals surface area contributed by atoms with Gasteiger partial charge in [0.15, 0.2) is 0 Å². The molecule has 1 amide bonds. The number of hydrogen-bond donors (Lipinski definition) is 3. The number of carbonyl (C=O) groups excluding carboxylic acids is 1. The molecule has 0 saturated carbocycles. The van der Waals surface area contributed by atoms with Gasteiger partial charge in [-0.3, -0.25) is 9.78 Å². The van der Waals surface area contributed by atoms with E-state index in [0.29, 0.717) is 25.3 Å². The molecule has 0 saturated heterocycles. The summed E-state index contributed by atoms with van der Waals surface area (Å²) >= 11 is 0. The molecule has 0 unspecified atom stereocenters. The number of nitrogens with two attached hydrogens (primary N) is 2. The summed E-state index contributed by atoms with van der Waals surface area (Å²) in [6.45, 7) is 4.84. The highest BCUT2D eigenvalue weighted by Crippen LogP contribution is 2.19. The van der Waals surface area contributed by atoms with Gasteiger partial charge in [0.25, 0.3) is 5.91 Å². The van der Waals surface area contributed by atoms with Gasteiger partial charge in [-0.1, -0.05) is 54.6 Å². The van der Waals surface area contributed by atoms with Crippen LogP contribution in [0.4, 0.5) is 0 Å². The first kappa shape index (κ1) is 23.6. The highest BCUT2D eigenvalue weighted by atomic mass is 16.2. The lowest BCUT2D eigenvalue weighted by Gasteiger charge is -2.28. The van der Waals surface area contributed by atoms with Crippen LogP contribution in [0.15, 0.2) is 72.9 Å². The first-order valence-corrected chi connectivity index (χ1v) is 11.2. The summed E-state index contributed by atoms with van der Waals surface area (Å²) in [5.41, 5.74) is 15.9. The first-order chi connectivity index (χ1) is 15.7. The first-order valence-electron chi connectivity index (χ1n) is 11.2. The Balaban J connectivity index is 0.000000173. The number of fused-ring (bicyclic) bond motifs is 2. The number of nitrogens with zero attached hydrogens (tertiary/aromatic N) is 2. The van der Waals surface area contributed by atoms with E-state index >= 15 is 0 Å². The Kier molecular flexibility index (Phi) is 9.37. The lowest BCUT2D eigenvalue weighted by atomic mass is 10.00. The fourth-order valence-electron chi connectivity index (χ4n) is 3.74. The van der Waals surface area contributed by atoms with Gasteiger partial charge in [-0.2, -0.15) is 0 Å². The minimum Gasteiger partial charge on any atom is -0.333 e. The number of amides is 1. The fraction of sp³-hybridized carbons (Fsp3) is 0.308. The molecule has 3 aromatic rings. The highest BCUT2D eigenvalue weighted by Gasteiger charge is 2.21. The summed E-state index contributed by atoms with van der Waals surface area (Å²) in [6.07, 6.45) is 3.77. The molecule has 0 fully saturated rings. The van der Waals surface area contributed by atoms with Gasteiger partial charge >= 0.3 is 0 Å². The van der Waals surface area contributed by atoms with Crippen molar-refractivity contribution in [1.82, 2.24) is 15.2 Å². The Morgan fingerprint density at radius 3 is 2.09 bits per heavy atom. The van der Waals surface area contributed by atoms with Crippen molar-refractivity contribution in [1.29, 1.82) is 0 Å². The van der Waals surface area contributed by atoms with Gasteiger partial charge in [0.05, 0.1) is 0 Å². The number of nitrogens with one attached hydrogen (secondary N) is 1. The number of aromatic nitrogens is 1. The lowest BCUT2D eigenvalue weighted by molar-refractivity contribution is 0.0729. The minimum absolute atomic E-state index is 0.0186. The summed E-state index contributed by atoms with van der Waals surface area (Å²) in [6, 6.07) is 22.4. The van der Waals surface area contributed by atoms with E-state index in [2.05, 4.69) is 52.8 Å². The predicted molar refractivity (Wildman–Crippen MR) is 129 cm³/mol. The van der Waals surface area contributed by atoms with Crippen LogP contribution in [0.5, 0.6) is 0 Å². The number of benzene rings is 2. The maximum Gasteiger partial charge on any atom is 0.272 e. The molecule has 6 heteroatoms. The molecule has 0 aliphatic carbocycles. The van der Waals surface area contributed by atoms with Crippen molar-refractivity contribution in [2.24, 2.45) is 11.5 Å². The van der Waals surface area contributed by atoms with E-state index in [1.54, 1.807) is 12.3 Å². The smallest absolute Gasteiger partial charge is 0.272 e. The minimum atomic E-state index is 0.0186. The van der Waals surface area contributed by atoms with Crippen molar-refractivity contribution < 1.29 is 4.79 Å². The van der Waals surface area contributed by atoms with Gasteiger partial charge in [-0.25, -0.2) is 0 Å². The Bertz CT molecular complexity index is 950. The molecule has 0 atom stereocenters. The molecule has 0 bridgehead atoms. The van der Waals surface area contributed by atoms with Crippen molar-refractivity contribution in [2.45, 2.75) is 25.9 Å². The Morgan fingerprint density at radius 1 is 0.844 bits per heavy atom. The zero-order chi connectivity index (χ0) is 22.6. The second-order valence-corrected chi connectivity index (χ2v) is 7.73. The van der Waals surface area contributed by atoms with Crippen molar-refractivity contribution in [2.75, 3.05) is 26.2 Å². The normalized spacial score (nSPS) is 14.0. The third-order valence-electron chi connectivity index (χ3n) is 5.47. The standard InChI is InChI=1S/C15H14N2O.C9H11N.C2H8N2/c18-15(14-7-3-4-9-16-14)17-10-8-12-5-1-2-6-13(12)11-17;1-2-4-9-7-10-6-5-8(9)3-1;3-1-2-4/h1-7,9H,8,10-11H2;1-4,10H,5-7H2;1-4H2. The van der Waals surface area contributed by atoms with Crippen LogP contribution in [0.2, 0.25) is 0 Å². The zero-order valence-corrected chi connectivity index (χ0v) is 18.5. The number of rotatable bonds is 2. The molecule has 3 heterocycles. The highest BCUT2D eigenvalue weighted by molar-refractivity contribution is 5.92. The van der Waals surface area contributed by atoms with Gasteiger partial charge in [0.1, 0.15) is 5.69 Å². The van der Waals surface area contributed by atoms with Gasteiger partial charge in [-0.15, -0.1) is 0 Å². The summed E-state index contributed by atoms with van der Waals surface area (Å²) in [4.78, 5) is 18.3. The van der Waals surface area contributed by atoms with Crippen LogP contribution < -0.4 is 16.8 Å². The average Bonchev–Trinajstić information content (AvgIpc) is 2.89. The van der Waals surface area contributed by atoms with E-state index in [1.165, 1.54) is 28.7 Å². The van der Waals surface area contributed by atoms with E-state index in [0.717, 1.165) is 26.1 Å². The van der Waals surface area contributed by atoms with Gasteiger partial charge in [0, 0.05) is 38.9 Å². The molecule has 0 radical (unpaired) electrons. The van der Waals surface area contributed by atoms with Crippen LogP contribution in [-0.4, -0.2) is 42.0 Å². The molecular weight excluding hydrogens is 398 g/mol. The van der Waals surface area contributed by atoms with Crippen LogP contribution in [0, 0.1) is 0 Å². The van der Waals surface area contributed by atoms with E-state index in [1.807, 2.05) is 23.1 Å². The molecular formula is C26H33N5O. The van der Waals surface area contributed by atoms with Crippen molar-refractivity contribution >= 4 is 5.91 Å². The summed E-state index contributed by atoms with van der Waals surface area (Å²) in [7, 11) is 0. The largest absolute Gasteiger partial charge is 0.333 e. The Hall–Kier alpha value is -3.06. The Labute approximate surface area is 190 Å². The second-order valence-electron chi connectivity index (χ2n) is 7.73. The number of hydrogen-bond acceptors (Lipinski definition) is 5. The third kappa shape index (κ3) is 6.72. The molecule has 0 spiro atoms. The molecule has 32 heavy (non-hydrogen) atoms. The van der Waals surface area contributed by atoms with Crippen LogP contribution in [0.1, 0.15) is 32.7 Å². The molecule has 1 aromatic heterocycles. The molecule has 168 valence electrons. The van der Waals surface area contributed by atoms with E-state index in [9.17, 15) is 4.79 Å². The second kappa shape index (κ2) is 12.7. The molecule has 2 aromatic carbocycles. The molecule has 2 aliphatic rings. The summed E-state index contributed by atoms with van der Waals surface area (Å²) in [5.74, 6) is 0.0186. The molecule has 5 N–H and O–H groups in total. The predicted octanol–water partition coefficient (Wildman–Crippen LogP) is 2.52. The quantitative estimate of drug-likeness (QED) is 0.579. The average molecular weight is 432 g/mol.